The third-order valence-electron chi connectivity index (χ3n) is 4.53. The number of aliphatic carboxylic acids is 2. The number of aryl methyl sites for hydroxylation is 1. The van der Waals surface area contributed by atoms with Crippen LogP contribution in [0.2, 0.25) is 0 Å². The third kappa shape index (κ3) is 7.75. The monoisotopic (exact) mass is 451 g/mol. The number of carbonyl (C=O) groups excluding carboxylic acids is 1. The largest absolute Gasteiger partial charge is 0.478 e. The van der Waals surface area contributed by atoms with Crippen molar-refractivity contribution in [3.05, 3.63) is 83.3 Å². The molecule has 1 amide bonds. The van der Waals surface area contributed by atoms with Gasteiger partial charge in [0.25, 0.3) is 5.56 Å². The van der Waals surface area contributed by atoms with Crippen LogP contribution in [0.5, 0.6) is 0 Å². The van der Waals surface area contributed by atoms with Gasteiger partial charge in [0, 0.05) is 42.4 Å². The minimum absolute atomic E-state index is 0.0135. The average molecular weight is 451 g/mol. The molecule has 9 heteroatoms. The quantitative estimate of drug-likeness (QED) is 0.301. The summed E-state index contributed by atoms with van der Waals surface area (Å²) in [5.41, 5.74) is 7.36. The van der Waals surface area contributed by atoms with Crippen molar-refractivity contribution in [2.75, 3.05) is 13.1 Å². The molecule has 0 aliphatic carbocycles. The summed E-state index contributed by atoms with van der Waals surface area (Å²) in [4.78, 5) is 43.1. The van der Waals surface area contributed by atoms with Crippen LogP contribution in [0.15, 0.2) is 77.7 Å². The number of carboxylic acid groups (broad SMARTS) is 2. The van der Waals surface area contributed by atoms with Gasteiger partial charge >= 0.3 is 11.9 Å². The van der Waals surface area contributed by atoms with Gasteiger partial charge in [-0.1, -0.05) is 48.5 Å². The molecule has 0 atom stereocenters. The maximum Gasteiger partial charge on any atom is 0.328 e. The van der Waals surface area contributed by atoms with Crippen molar-refractivity contribution >= 4 is 28.6 Å². The predicted molar refractivity (Wildman–Crippen MR) is 125 cm³/mol. The normalized spacial score (nSPS) is 10.5. The minimum Gasteiger partial charge on any atom is -0.478 e. The lowest BCUT2D eigenvalue weighted by molar-refractivity contribution is -0.134. The van der Waals surface area contributed by atoms with Gasteiger partial charge in [-0.2, -0.15) is 0 Å². The summed E-state index contributed by atoms with van der Waals surface area (Å²) in [5, 5.41) is 20.0. The molecular formula is C24H25N3O6. The number of rotatable bonds is 8. The molecule has 0 radical (unpaired) electrons. The lowest BCUT2D eigenvalue weighted by Gasteiger charge is -2.13. The summed E-state index contributed by atoms with van der Waals surface area (Å²) in [6.07, 6.45) is 3.69. The van der Waals surface area contributed by atoms with Crippen molar-refractivity contribution in [1.82, 2.24) is 9.88 Å². The van der Waals surface area contributed by atoms with E-state index in [4.69, 9.17) is 15.9 Å². The van der Waals surface area contributed by atoms with Crippen LogP contribution in [0.3, 0.4) is 0 Å². The fourth-order valence-corrected chi connectivity index (χ4v) is 3.05. The van der Waals surface area contributed by atoms with Gasteiger partial charge in [0.2, 0.25) is 5.91 Å². The Kier molecular flexibility index (Phi) is 9.54. The van der Waals surface area contributed by atoms with Gasteiger partial charge < -0.3 is 25.8 Å². The number of fused-ring (bicyclic) bond motifs is 1. The lowest BCUT2D eigenvalue weighted by Crippen LogP contribution is -2.32. The van der Waals surface area contributed by atoms with E-state index in [2.05, 4.69) is 5.32 Å². The third-order valence-corrected chi connectivity index (χ3v) is 4.53. The zero-order valence-electron chi connectivity index (χ0n) is 17.8. The second kappa shape index (κ2) is 12.6. The maximum atomic E-state index is 12.8. The number of hydrogen-bond acceptors (Lipinski definition) is 5. The molecule has 1 heterocycles. The molecule has 172 valence electrons. The van der Waals surface area contributed by atoms with Gasteiger partial charge in [-0.3, -0.25) is 9.59 Å². The first-order chi connectivity index (χ1) is 15.8. The molecule has 9 nitrogen and oxygen atoms in total. The van der Waals surface area contributed by atoms with E-state index in [0.717, 1.165) is 16.5 Å². The van der Waals surface area contributed by atoms with E-state index in [1.165, 1.54) is 0 Å². The van der Waals surface area contributed by atoms with E-state index < -0.39 is 11.9 Å². The Morgan fingerprint density at radius 2 is 1.48 bits per heavy atom. The number of carboxylic acids is 2. The van der Waals surface area contributed by atoms with Crippen molar-refractivity contribution in [3.8, 4) is 11.1 Å². The molecule has 1 aromatic heterocycles. The Hall–Kier alpha value is -4.24. The summed E-state index contributed by atoms with van der Waals surface area (Å²) in [5.74, 6) is -2.70. The molecule has 3 rings (SSSR count). The molecule has 33 heavy (non-hydrogen) atoms. The molecule has 5 N–H and O–H groups in total. The number of aromatic nitrogens is 1. The molecule has 0 saturated heterocycles. The predicted octanol–water partition coefficient (Wildman–Crippen LogP) is 1.85. The topological polar surface area (TPSA) is 152 Å². The Bertz CT molecular complexity index is 1190. The molecule has 2 aromatic carbocycles. The first-order valence-electron chi connectivity index (χ1n) is 10.1. The van der Waals surface area contributed by atoms with E-state index in [1.807, 2.05) is 60.8 Å². The number of nitrogens with zero attached hydrogens (tertiary/aromatic N) is 1. The highest BCUT2D eigenvalue weighted by atomic mass is 16.4. The summed E-state index contributed by atoms with van der Waals surface area (Å²) in [6, 6.07) is 17.7. The molecule has 0 spiro atoms. The molecule has 0 aliphatic heterocycles. The van der Waals surface area contributed by atoms with Crippen LogP contribution in [0.25, 0.3) is 21.9 Å². The van der Waals surface area contributed by atoms with Crippen LogP contribution >= 0.6 is 0 Å². The van der Waals surface area contributed by atoms with Crippen molar-refractivity contribution in [3.63, 3.8) is 0 Å². The van der Waals surface area contributed by atoms with Crippen molar-refractivity contribution in [1.29, 1.82) is 0 Å². The second-order valence-corrected chi connectivity index (χ2v) is 6.87. The Balaban J connectivity index is 0.000000414. The number of nitrogens with two attached hydrogens (primary N) is 1. The van der Waals surface area contributed by atoms with Crippen LogP contribution in [0.1, 0.15) is 6.42 Å². The number of hydrogen-bond donors (Lipinski definition) is 4. The number of nitrogens with one attached hydrogen (secondary N) is 1. The number of amides is 1. The standard InChI is InChI=1S/C20H21N3O2.C4H4O4/c21-13-19(24)22-11-6-12-23-14-18(15-7-2-1-3-8-15)16-9-4-5-10-17(16)20(23)25;5-3(6)1-2-4(7)8/h1-5,7-10,14H,6,11-13,21H2,(H,22,24);1-2H,(H,5,6)(H,7,8). The van der Waals surface area contributed by atoms with Gasteiger partial charge in [-0.15, -0.1) is 0 Å². The van der Waals surface area contributed by atoms with E-state index in [1.54, 1.807) is 4.57 Å². The summed E-state index contributed by atoms with van der Waals surface area (Å²) in [6.45, 7) is 1.01. The zero-order chi connectivity index (χ0) is 24.2. The average Bonchev–Trinajstić information content (AvgIpc) is 2.82. The smallest absolute Gasteiger partial charge is 0.328 e. The van der Waals surface area contributed by atoms with Crippen LogP contribution in [-0.2, 0) is 20.9 Å². The fraction of sp³-hybridized carbons (Fsp3) is 0.167. The van der Waals surface area contributed by atoms with Crippen molar-refractivity contribution in [2.24, 2.45) is 5.73 Å². The lowest BCUT2D eigenvalue weighted by atomic mass is 10.0. The SMILES string of the molecule is NCC(=O)NCCCn1cc(-c2ccccc2)c2ccccc2c1=O.O=C(O)C=CC(=O)O. The molecule has 0 bridgehead atoms. The van der Waals surface area contributed by atoms with Crippen molar-refractivity contribution in [2.45, 2.75) is 13.0 Å². The van der Waals surface area contributed by atoms with Gasteiger partial charge in [0.05, 0.1) is 6.54 Å². The first-order valence-corrected chi connectivity index (χ1v) is 10.1. The van der Waals surface area contributed by atoms with Gasteiger partial charge in [0.1, 0.15) is 0 Å². The molecule has 3 aromatic rings. The second-order valence-electron chi connectivity index (χ2n) is 6.87. The Morgan fingerprint density at radius 3 is 2.06 bits per heavy atom. The van der Waals surface area contributed by atoms with E-state index >= 15 is 0 Å². The van der Waals surface area contributed by atoms with E-state index in [-0.39, 0.29) is 18.0 Å². The Morgan fingerprint density at radius 1 is 0.909 bits per heavy atom. The van der Waals surface area contributed by atoms with Crippen LogP contribution < -0.4 is 16.6 Å². The maximum absolute atomic E-state index is 12.8. The zero-order valence-corrected chi connectivity index (χ0v) is 17.8. The number of benzene rings is 2. The van der Waals surface area contributed by atoms with Crippen LogP contribution in [0, 0.1) is 0 Å². The highest BCUT2D eigenvalue weighted by Crippen LogP contribution is 2.26. The van der Waals surface area contributed by atoms with E-state index in [9.17, 15) is 19.2 Å². The van der Waals surface area contributed by atoms with Gasteiger partial charge in [-0.25, -0.2) is 9.59 Å². The van der Waals surface area contributed by atoms with Crippen LogP contribution in [0.4, 0.5) is 0 Å². The van der Waals surface area contributed by atoms with Gasteiger partial charge in [0.15, 0.2) is 0 Å². The van der Waals surface area contributed by atoms with Gasteiger partial charge in [-0.05, 0) is 23.4 Å². The molecule has 0 aliphatic rings. The summed E-state index contributed by atoms with van der Waals surface area (Å²) < 4.78 is 1.72. The molecule has 0 fully saturated rings. The minimum atomic E-state index is -1.26. The van der Waals surface area contributed by atoms with E-state index in [0.29, 0.717) is 37.0 Å². The molecule has 0 saturated carbocycles. The Labute approximate surface area is 189 Å². The summed E-state index contributed by atoms with van der Waals surface area (Å²) >= 11 is 0. The highest BCUT2D eigenvalue weighted by molar-refractivity contribution is 5.95. The summed E-state index contributed by atoms with van der Waals surface area (Å²) in [7, 11) is 0. The van der Waals surface area contributed by atoms with Crippen molar-refractivity contribution < 1.29 is 24.6 Å². The van der Waals surface area contributed by atoms with Crippen LogP contribution in [-0.4, -0.2) is 45.7 Å². The fourth-order valence-electron chi connectivity index (χ4n) is 3.05. The number of carbonyl (C=O) groups is 3. The molecule has 0 unspecified atom stereocenters. The highest BCUT2D eigenvalue weighted by Gasteiger charge is 2.10. The number of pyridine rings is 1. The molecular weight excluding hydrogens is 426 g/mol. The first kappa shape index (κ1) is 25.0.